The Labute approximate surface area is 92.5 Å². The summed E-state index contributed by atoms with van der Waals surface area (Å²) in [6, 6.07) is 4.96. The fourth-order valence-electron chi connectivity index (χ4n) is 1.10. The third-order valence-corrected chi connectivity index (χ3v) is 2.03. The van der Waals surface area contributed by atoms with Crippen LogP contribution >= 0.6 is 11.6 Å². The summed E-state index contributed by atoms with van der Waals surface area (Å²) in [4.78, 5) is 21.2. The highest BCUT2D eigenvalue weighted by molar-refractivity contribution is 6.30. The molecule has 0 aliphatic heterocycles. The first-order chi connectivity index (χ1) is 7.13. The van der Waals surface area contributed by atoms with Gasteiger partial charge in [-0.1, -0.05) is 29.8 Å². The standard InChI is InChI=1S/C11H10ClNO2/c12-10-5-4-8(9(6-10)7-14)2-1-3-11(13)15/h1-2,4-7H,3H2,(H2,13,15). The predicted molar refractivity (Wildman–Crippen MR) is 59.7 cm³/mol. The zero-order valence-corrected chi connectivity index (χ0v) is 8.70. The molecule has 78 valence electrons. The van der Waals surface area contributed by atoms with Gasteiger partial charge in [-0.15, -0.1) is 0 Å². The fraction of sp³-hybridized carbons (Fsp3) is 0.0909. The average molecular weight is 224 g/mol. The first-order valence-corrected chi connectivity index (χ1v) is 4.71. The summed E-state index contributed by atoms with van der Waals surface area (Å²) in [5, 5.41) is 0.504. The Hall–Kier alpha value is -1.61. The molecule has 1 rings (SSSR count). The maximum Gasteiger partial charge on any atom is 0.221 e. The van der Waals surface area contributed by atoms with Gasteiger partial charge in [-0.05, 0) is 17.7 Å². The van der Waals surface area contributed by atoms with Gasteiger partial charge in [0.25, 0.3) is 0 Å². The van der Waals surface area contributed by atoms with Crippen molar-refractivity contribution in [2.75, 3.05) is 0 Å². The number of carbonyl (C=O) groups excluding carboxylic acids is 2. The highest BCUT2D eigenvalue weighted by Crippen LogP contribution is 2.15. The molecule has 2 N–H and O–H groups in total. The lowest BCUT2D eigenvalue weighted by Gasteiger charge is -1.98. The van der Waals surface area contributed by atoms with E-state index in [-0.39, 0.29) is 6.42 Å². The number of rotatable bonds is 4. The van der Waals surface area contributed by atoms with E-state index in [9.17, 15) is 9.59 Å². The zero-order valence-electron chi connectivity index (χ0n) is 7.94. The number of amides is 1. The second kappa shape index (κ2) is 5.32. The molecule has 0 aliphatic carbocycles. The third-order valence-electron chi connectivity index (χ3n) is 1.79. The number of carbonyl (C=O) groups is 2. The first-order valence-electron chi connectivity index (χ1n) is 4.33. The molecule has 0 heterocycles. The Kier molecular flexibility index (Phi) is 4.06. The van der Waals surface area contributed by atoms with E-state index in [0.29, 0.717) is 10.6 Å². The maximum absolute atomic E-state index is 10.7. The Bertz CT molecular complexity index is 413. The van der Waals surface area contributed by atoms with Crippen molar-refractivity contribution in [3.8, 4) is 0 Å². The minimum Gasteiger partial charge on any atom is -0.369 e. The first kappa shape index (κ1) is 11.5. The number of primary amides is 1. The minimum atomic E-state index is -0.409. The molecule has 3 nitrogen and oxygen atoms in total. The van der Waals surface area contributed by atoms with Gasteiger partial charge in [-0.25, -0.2) is 0 Å². The van der Waals surface area contributed by atoms with Gasteiger partial charge in [0.1, 0.15) is 0 Å². The van der Waals surface area contributed by atoms with E-state index < -0.39 is 5.91 Å². The normalized spacial score (nSPS) is 10.5. The van der Waals surface area contributed by atoms with Gasteiger partial charge in [-0.3, -0.25) is 9.59 Å². The average Bonchev–Trinajstić information content (AvgIpc) is 2.19. The molecular formula is C11H10ClNO2. The molecule has 0 saturated heterocycles. The van der Waals surface area contributed by atoms with Crippen LogP contribution in [0.4, 0.5) is 0 Å². The Balaban J connectivity index is 2.89. The fourth-order valence-corrected chi connectivity index (χ4v) is 1.28. The summed E-state index contributed by atoms with van der Waals surface area (Å²) < 4.78 is 0. The SMILES string of the molecule is NC(=O)CC=Cc1ccc(Cl)cc1C=O. The Morgan fingerprint density at radius 1 is 1.40 bits per heavy atom. The van der Waals surface area contributed by atoms with Crippen molar-refractivity contribution < 1.29 is 9.59 Å². The highest BCUT2D eigenvalue weighted by Gasteiger charge is 1.99. The topological polar surface area (TPSA) is 60.2 Å². The van der Waals surface area contributed by atoms with Crippen LogP contribution in [0.5, 0.6) is 0 Å². The van der Waals surface area contributed by atoms with Crippen LogP contribution in [-0.4, -0.2) is 12.2 Å². The molecule has 0 bridgehead atoms. The molecule has 0 unspecified atom stereocenters. The molecule has 0 radical (unpaired) electrons. The van der Waals surface area contributed by atoms with E-state index in [0.717, 1.165) is 11.8 Å². The molecule has 1 aromatic rings. The molecule has 0 saturated carbocycles. The minimum absolute atomic E-state index is 0.154. The van der Waals surface area contributed by atoms with Gasteiger partial charge in [0, 0.05) is 17.0 Å². The van der Waals surface area contributed by atoms with Crippen LogP contribution in [0.25, 0.3) is 6.08 Å². The van der Waals surface area contributed by atoms with Gasteiger partial charge in [0.2, 0.25) is 5.91 Å². The molecule has 0 aliphatic rings. The molecule has 0 fully saturated rings. The summed E-state index contributed by atoms with van der Waals surface area (Å²) in [7, 11) is 0. The van der Waals surface area contributed by atoms with Gasteiger partial charge in [-0.2, -0.15) is 0 Å². The van der Waals surface area contributed by atoms with Crippen molar-refractivity contribution in [3.63, 3.8) is 0 Å². The number of hydrogen-bond acceptors (Lipinski definition) is 2. The largest absolute Gasteiger partial charge is 0.369 e. The van der Waals surface area contributed by atoms with E-state index in [2.05, 4.69) is 0 Å². The van der Waals surface area contributed by atoms with Crippen molar-refractivity contribution in [3.05, 3.63) is 40.4 Å². The second-order valence-electron chi connectivity index (χ2n) is 2.96. The molecule has 15 heavy (non-hydrogen) atoms. The molecule has 0 spiro atoms. The van der Waals surface area contributed by atoms with Gasteiger partial charge < -0.3 is 5.73 Å². The van der Waals surface area contributed by atoms with E-state index in [4.69, 9.17) is 17.3 Å². The molecule has 1 amide bonds. The van der Waals surface area contributed by atoms with Crippen LogP contribution in [0.1, 0.15) is 22.3 Å². The van der Waals surface area contributed by atoms with Crippen molar-refractivity contribution >= 4 is 29.9 Å². The number of benzene rings is 1. The van der Waals surface area contributed by atoms with Crippen molar-refractivity contribution in [1.29, 1.82) is 0 Å². The quantitative estimate of drug-likeness (QED) is 0.794. The lowest BCUT2D eigenvalue weighted by atomic mass is 10.1. The second-order valence-corrected chi connectivity index (χ2v) is 3.40. The molecule has 0 aromatic heterocycles. The predicted octanol–water partition coefficient (Wildman–Crippen LogP) is 2.04. The molecular weight excluding hydrogens is 214 g/mol. The Morgan fingerprint density at radius 3 is 2.73 bits per heavy atom. The number of hydrogen-bond donors (Lipinski definition) is 1. The van der Waals surface area contributed by atoms with Crippen LogP contribution in [0.2, 0.25) is 5.02 Å². The zero-order chi connectivity index (χ0) is 11.3. The summed E-state index contributed by atoms with van der Waals surface area (Å²) >= 11 is 5.72. The maximum atomic E-state index is 10.7. The van der Waals surface area contributed by atoms with Crippen LogP contribution in [-0.2, 0) is 4.79 Å². The molecule has 1 aromatic carbocycles. The molecule has 4 heteroatoms. The summed E-state index contributed by atoms with van der Waals surface area (Å²) in [6.45, 7) is 0. The third kappa shape index (κ3) is 3.56. The van der Waals surface area contributed by atoms with E-state index >= 15 is 0 Å². The van der Waals surface area contributed by atoms with Crippen LogP contribution < -0.4 is 5.73 Å². The lowest BCUT2D eigenvalue weighted by molar-refractivity contribution is -0.117. The van der Waals surface area contributed by atoms with Gasteiger partial charge >= 0.3 is 0 Å². The van der Waals surface area contributed by atoms with E-state index in [1.165, 1.54) is 0 Å². The Morgan fingerprint density at radius 2 is 2.13 bits per heavy atom. The van der Waals surface area contributed by atoms with E-state index in [1.807, 2.05) is 0 Å². The number of aldehydes is 1. The van der Waals surface area contributed by atoms with Crippen molar-refractivity contribution in [1.82, 2.24) is 0 Å². The lowest BCUT2D eigenvalue weighted by Crippen LogP contribution is -2.07. The van der Waals surface area contributed by atoms with Crippen LogP contribution in [0.3, 0.4) is 0 Å². The molecule has 0 atom stereocenters. The number of halogens is 1. The van der Waals surface area contributed by atoms with Gasteiger partial charge in [0.15, 0.2) is 6.29 Å². The number of nitrogens with two attached hydrogens (primary N) is 1. The van der Waals surface area contributed by atoms with E-state index in [1.54, 1.807) is 30.4 Å². The van der Waals surface area contributed by atoms with Crippen molar-refractivity contribution in [2.24, 2.45) is 5.73 Å². The van der Waals surface area contributed by atoms with Crippen LogP contribution in [0, 0.1) is 0 Å². The summed E-state index contributed by atoms with van der Waals surface area (Å²) in [5.41, 5.74) is 6.18. The monoisotopic (exact) mass is 223 g/mol. The summed E-state index contributed by atoms with van der Waals surface area (Å²) in [6.07, 6.45) is 4.15. The smallest absolute Gasteiger partial charge is 0.221 e. The summed E-state index contributed by atoms with van der Waals surface area (Å²) in [5.74, 6) is -0.409. The van der Waals surface area contributed by atoms with Crippen LogP contribution in [0.15, 0.2) is 24.3 Å². The van der Waals surface area contributed by atoms with Gasteiger partial charge in [0.05, 0.1) is 0 Å². The van der Waals surface area contributed by atoms with Crippen molar-refractivity contribution in [2.45, 2.75) is 6.42 Å². The highest BCUT2D eigenvalue weighted by atomic mass is 35.5.